The first-order valence-electron chi connectivity index (χ1n) is 10.6. The summed E-state index contributed by atoms with van der Waals surface area (Å²) in [6.45, 7) is 2.44. The van der Waals surface area contributed by atoms with Crippen molar-refractivity contribution in [2.45, 2.75) is 51.6 Å². The number of anilines is 2. The van der Waals surface area contributed by atoms with Crippen LogP contribution in [0.4, 0.5) is 24.0 Å². The van der Waals surface area contributed by atoms with Gasteiger partial charge in [-0.05, 0) is 36.8 Å². The molecule has 2 heterocycles. The Balaban J connectivity index is 1.64. The lowest BCUT2D eigenvalue weighted by Crippen LogP contribution is -2.10. The van der Waals surface area contributed by atoms with E-state index in [0.717, 1.165) is 43.1 Å². The first kappa shape index (κ1) is 23.2. The SMILES string of the molecule is CCCCCCCCOc1ccc(Nc2nc(-c3cccn3C)cs2)cc1C(F)(F)F. The largest absolute Gasteiger partial charge is 0.493 e. The van der Waals surface area contributed by atoms with Crippen molar-refractivity contribution in [2.24, 2.45) is 7.05 Å². The highest BCUT2D eigenvalue weighted by Gasteiger charge is 2.34. The van der Waals surface area contributed by atoms with Crippen molar-refractivity contribution in [1.82, 2.24) is 9.55 Å². The molecule has 168 valence electrons. The zero-order chi connectivity index (χ0) is 22.3. The van der Waals surface area contributed by atoms with Crippen molar-refractivity contribution in [2.75, 3.05) is 11.9 Å². The van der Waals surface area contributed by atoms with Crippen LogP contribution in [-0.2, 0) is 13.2 Å². The van der Waals surface area contributed by atoms with Crippen LogP contribution in [0.15, 0.2) is 41.9 Å². The number of unbranched alkanes of at least 4 members (excludes halogenated alkanes) is 5. The number of nitrogens with zero attached hydrogens (tertiary/aromatic N) is 2. The van der Waals surface area contributed by atoms with Gasteiger partial charge in [0.25, 0.3) is 0 Å². The second-order valence-electron chi connectivity index (χ2n) is 7.49. The van der Waals surface area contributed by atoms with Gasteiger partial charge in [0.15, 0.2) is 5.13 Å². The number of benzene rings is 1. The zero-order valence-electron chi connectivity index (χ0n) is 17.8. The van der Waals surface area contributed by atoms with E-state index in [1.807, 2.05) is 35.3 Å². The Morgan fingerprint density at radius 1 is 1.10 bits per heavy atom. The Bertz CT molecular complexity index is 965. The highest BCUT2D eigenvalue weighted by Crippen LogP contribution is 2.39. The monoisotopic (exact) mass is 451 g/mol. The summed E-state index contributed by atoms with van der Waals surface area (Å²) in [4.78, 5) is 4.49. The molecule has 4 nitrogen and oxygen atoms in total. The van der Waals surface area contributed by atoms with Gasteiger partial charge in [-0.3, -0.25) is 0 Å². The number of thiazole rings is 1. The molecule has 3 aromatic rings. The minimum absolute atomic E-state index is 0.129. The molecule has 31 heavy (non-hydrogen) atoms. The quantitative estimate of drug-likeness (QED) is 0.304. The maximum Gasteiger partial charge on any atom is 0.420 e. The molecule has 1 N–H and O–H groups in total. The highest BCUT2D eigenvalue weighted by atomic mass is 32.1. The highest BCUT2D eigenvalue weighted by molar-refractivity contribution is 7.14. The number of nitrogens with one attached hydrogen (secondary N) is 1. The summed E-state index contributed by atoms with van der Waals surface area (Å²) in [6, 6.07) is 7.92. The summed E-state index contributed by atoms with van der Waals surface area (Å²) in [5, 5.41) is 5.39. The van der Waals surface area contributed by atoms with E-state index in [2.05, 4.69) is 17.2 Å². The minimum Gasteiger partial charge on any atom is -0.493 e. The first-order valence-corrected chi connectivity index (χ1v) is 11.4. The molecule has 0 fully saturated rings. The number of rotatable bonds is 11. The van der Waals surface area contributed by atoms with E-state index < -0.39 is 11.7 Å². The Morgan fingerprint density at radius 2 is 1.87 bits per heavy atom. The van der Waals surface area contributed by atoms with Gasteiger partial charge < -0.3 is 14.6 Å². The number of alkyl halides is 3. The van der Waals surface area contributed by atoms with Crippen LogP contribution in [-0.4, -0.2) is 16.2 Å². The van der Waals surface area contributed by atoms with Gasteiger partial charge in [0, 0.05) is 24.3 Å². The summed E-state index contributed by atoms with van der Waals surface area (Å²) in [5.74, 6) is -0.129. The number of ether oxygens (including phenoxy) is 1. The smallest absolute Gasteiger partial charge is 0.420 e. The fourth-order valence-electron chi connectivity index (χ4n) is 3.32. The zero-order valence-corrected chi connectivity index (χ0v) is 18.7. The predicted octanol–water partition coefficient (Wildman–Crippen LogP) is 7.65. The molecule has 0 bridgehead atoms. The van der Waals surface area contributed by atoms with Gasteiger partial charge in [-0.2, -0.15) is 13.2 Å². The van der Waals surface area contributed by atoms with Crippen molar-refractivity contribution in [3.63, 3.8) is 0 Å². The molecule has 8 heteroatoms. The Hall–Kier alpha value is -2.48. The molecule has 2 aromatic heterocycles. The molecule has 3 rings (SSSR count). The van der Waals surface area contributed by atoms with Gasteiger partial charge in [-0.15, -0.1) is 11.3 Å². The molecule has 0 aliphatic rings. The van der Waals surface area contributed by atoms with E-state index in [9.17, 15) is 13.2 Å². The number of hydrogen-bond acceptors (Lipinski definition) is 4. The van der Waals surface area contributed by atoms with Crippen LogP contribution in [0.25, 0.3) is 11.4 Å². The van der Waals surface area contributed by atoms with Gasteiger partial charge in [0.05, 0.1) is 23.6 Å². The summed E-state index contributed by atoms with van der Waals surface area (Å²) >= 11 is 1.35. The number of aryl methyl sites for hydroxylation is 1. The lowest BCUT2D eigenvalue weighted by atomic mass is 10.1. The van der Waals surface area contributed by atoms with Crippen molar-refractivity contribution < 1.29 is 17.9 Å². The second kappa shape index (κ2) is 10.7. The average Bonchev–Trinajstić information content (AvgIpc) is 3.36. The van der Waals surface area contributed by atoms with Crippen molar-refractivity contribution in [3.8, 4) is 17.1 Å². The number of hydrogen-bond donors (Lipinski definition) is 1. The maximum atomic E-state index is 13.6. The van der Waals surface area contributed by atoms with E-state index in [1.165, 1.54) is 30.2 Å². The maximum absolute atomic E-state index is 13.6. The van der Waals surface area contributed by atoms with Gasteiger partial charge in [-0.1, -0.05) is 39.0 Å². The van der Waals surface area contributed by atoms with Crippen LogP contribution < -0.4 is 10.1 Å². The van der Waals surface area contributed by atoms with E-state index in [0.29, 0.717) is 10.8 Å². The van der Waals surface area contributed by atoms with Gasteiger partial charge >= 0.3 is 6.18 Å². The summed E-state index contributed by atoms with van der Waals surface area (Å²) in [6.07, 6.45) is 3.75. The Morgan fingerprint density at radius 3 is 2.58 bits per heavy atom. The molecule has 0 aliphatic carbocycles. The molecule has 1 aromatic carbocycles. The molecule has 0 radical (unpaired) electrons. The fraction of sp³-hybridized carbons (Fsp3) is 0.435. The third-order valence-electron chi connectivity index (χ3n) is 5.00. The molecule has 0 saturated heterocycles. The van der Waals surface area contributed by atoms with Gasteiger partial charge in [-0.25, -0.2) is 4.98 Å². The molecular weight excluding hydrogens is 423 g/mol. The van der Waals surface area contributed by atoms with Gasteiger partial charge in [0.1, 0.15) is 5.75 Å². The average molecular weight is 452 g/mol. The van der Waals surface area contributed by atoms with Crippen LogP contribution >= 0.6 is 11.3 Å². The molecule has 0 atom stereocenters. The minimum atomic E-state index is -4.49. The Labute approximate surface area is 185 Å². The molecule has 0 unspecified atom stereocenters. The number of aromatic nitrogens is 2. The van der Waals surface area contributed by atoms with Crippen LogP contribution in [0.2, 0.25) is 0 Å². The van der Waals surface area contributed by atoms with E-state index in [-0.39, 0.29) is 12.4 Å². The fourth-order valence-corrected chi connectivity index (χ4v) is 4.04. The van der Waals surface area contributed by atoms with Crippen LogP contribution in [0, 0.1) is 0 Å². The van der Waals surface area contributed by atoms with Crippen molar-refractivity contribution in [1.29, 1.82) is 0 Å². The number of halogens is 3. The normalized spacial score (nSPS) is 11.6. The third kappa shape index (κ3) is 6.50. The van der Waals surface area contributed by atoms with Crippen molar-refractivity contribution in [3.05, 3.63) is 47.5 Å². The van der Waals surface area contributed by atoms with Crippen LogP contribution in [0.1, 0.15) is 51.0 Å². The molecular formula is C23H28F3N3OS. The molecule has 0 spiro atoms. The van der Waals surface area contributed by atoms with E-state index in [1.54, 1.807) is 6.07 Å². The van der Waals surface area contributed by atoms with Crippen LogP contribution in [0.5, 0.6) is 5.75 Å². The van der Waals surface area contributed by atoms with E-state index >= 15 is 0 Å². The van der Waals surface area contributed by atoms with E-state index in [4.69, 9.17) is 4.74 Å². The van der Waals surface area contributed by atoms with Gasteiger partial charge in [0.2, 0.25) is 0 Å². The van der Waals surface area contributed by atoms with Crippen LogP contribution in [0.3, 0.4) is 0 Å². The first-order chi connectivity index (χ1) is 14.9. The summed E-state index contributed by atoms with van der Waals surface area (Å²) in [7, 11) is 1.92. The molecule has 0 aliphatic heterocycles. The lowest BCUT2D eigenvalue weighted by molar-refractivity contribution is -0.138. The molecule has 0 saturated carbocycles. The Kier molecular flexibility index (Phi) is 8.01. The standard InChI is InChI=1S/C23H28F3N3OS/c1-3-4-5-6-7-8-14-30-21-12-11-17(15-18(21)23(24,25)26)27-22-28-19(16-31-22)20-10-9-13-29(20)2/h9-13,15-16H,3-8,14H2,1-2H3,(H,27,28). The molecule has 0 amide bonds. The topological polar surface area (TPSA) is 39.1 Å². The second-order valence-corrected chi connectivity index (χ2v) is 8.35. The third-order valence-corrected chi connectivity index (χ3v) is 5.76. The summed E-state index contributed by atoms with van der Waals surface area (Å²) < 4.78 is 48.2. The predicted molar refractivity (Wildman–Crippen MR) is 120 cm³/mol. The summed E-state index contributed by atoms with van der Waals surface area (Å²) in [5.41, 5.74) is 1.27. The van der Waals surface area contributed by atoms with Crippen molar-refractivity contribution >= 4 is 22.2 Å². The lowest BCUT2D eigenvalue weighted by Gasteiger charge is -2.15.